The fourth-order valence-corrected chi connectivity index (χ4v) is 7.77. The van der Waals surface area contributed by atoms with Crippen LogP contribution in [-0.2, 0) is 8.85 Å². The lowest BCUT2D eigenvalue weighted by Crippen LogP contribution is -2.55. The van der Waals surface area contributed by atoms with E-state index < -0.39 is 28.4 Å². The van der Waals surface area contributed by atoms with Crippen molar-refractivity contribution in [2.75, 3.05) is 5.32 Å². The van der Waals surface area contributed by atoms with Crippen molar-refractivity contribution in [2.24, 2.45) is 5.92 Å². The number of aromatic nitrogens is 2. The highest BCUT2D eigenvalue weighted by atomic mass is 79.9. The number of halogens is 2. The lowest BCUT2D eigenvalue weighted by Gasteiger charge is -2.50. The van der Waals surface area contributed by atoms with Crippen LogP contribution < -0.4 is 5.32 Å². The van der Waals surface area contributed by atoms with E-state index in [1.807, 2.05) is 6.07 Å². The molecule has 6 nitrogen and oxygen atoms in total. The molecule has 1 fully saturated rings. The van der Waals surface area contributed by atoms with Crippen LogP contribution in [-0.4, -0.2) is 44.7 Å². The Kier molecular flexibility index (Phi) is 9.94. The number of hydrogen-bond acceptors (Lipinski definition) is 5. The summed E-state index contributed by atoms with van der Waals surface area (Å²) in [5.41, 5.74) is 1.79. The van der Waals surface area contributed by atoms with E-state index in [2.05, 4.69) is 106 Å². The Balaban J connectivity index is 1.94. The van der Waals surface area contributed by atoms with Crippen LogP contribution in [0.25, 0.3) is 0 Å². The van der Waals surface area contributed by atoms with Gasteiger partial charge in [0.05, 0.1) is 24.1 Å². The second-order valence-corrected chi connectivity index (χ2v) is 24.6. The third kappa shape index (κ3) is 7.48. The molecule has 3 rings (SSSR count). The summed E-state index contributed by atoms with van der Waals surface area (Å²) in [7, 11) is -4.15. The minimum absolute atomic E-state index is 0.00561. The number of pyridine rings is 2. The number of amides is 1. The zero-order valence-corrected chi connectivity index (χ0v) is 29.6. The molecule has 2 heterocycles. The molecule has 0 saturated heterocycles. The number of carbonyl (C=O) groups is 1. The third-order valence-electron chi connectivity index (χ3n) is 9.17. The normalized spacial score (nSPS) is 22.7. The van der Waals surface area contributed by atoms with Crippen LogP contribution in [0.4, 0.5) is 10.1 Å². The molecule has 4 atom stereocenters. The number of nitrogens with zero attached hydrogens (tertiary/aromatic N) is 2. The van der Waals surface area contributed by atoms with E-state index in [0.29, 0.717) is 5.69 Å². The van der Waals surface area contributed by atoms with Gasteiger partial charge in [-0.25, -0.2) is 9.37 Å². The van der Waals surface area contributed by atoms with Gasteiger partial charge < -0.3 is 14.2 Å². The average molecular weight is 653 g/mol. The first-order valence-electron chi connectivity index (χ1n) is 14.2. The Bertz CT molecular complexity index is 1210. The fraction of sp³-hybridized carbons (Fsp3) is 0.633. The summed E-state index contributed by atoms with van der Waals surface area (Å²) in [6, 6.07) is 4.59. The van der Waals surface area contributed by atoms with Crippen molar-refractivity contribution in [1.82, 2.24) is 9.97 Å². The highest BCUT2D eigenvalue weighted by Gasteiger charge is 2.48. The van der Waals surface area contributed by atoms with E-state index in [9.17, 15) is 9.18 Å². The molecule has 0 spiro atoms. The summed E-state index contributed by atoms with van der Waals surface area (Å²) >= 11 is 3.07. The van der Waals surface area contributed by atoms with Crippen molar-refractivity contribution in [3.63, 3.8) is 0 Å². The van der Waals surface area contributed by atoms with Gasteiger partial charge in [0.25, 0.3) is 5.91 Å². The Morgan fingerprint density at radius 3 is 2.17 bits per heavy atom. The van der Waals surface area contributed by atoms with Gasteiger partial charge in [-0.2, -0.15) is 0 Å². The minimum atomic E-state index is -2.10. The van der Waals surface area contributed by atoms with Crippen molar-refractivity contribution in [2.45, 2.75) is 116 Å². The Hall–Kier alpha value is -1.47. The van der Waals surface area contributed by atoms with Gasteiger partial charge >= 0.3 is 0 Å². The molecule has 0 unspecified atom stereocenters. The predicted octanol–water partition coefficient (Wildman–Crippen LogP) is 8.92. The second kappa shape index (κ2) is 12.0. The van der Waals surface area contributed by atoms with E-state index in [-0.39, 0.29) is 44.4 Å². The number of nitrogens with one attached hydrogen (secondary N) is 1. The molecule has 1 aliphatic carbocycles. The van der Waals surface area contributed by atoms with E-state index in [1.54, 1.807) is 12.4 Å². The maximum Gasteiger partial charge on any atom is 0.274 e. The van der Waals surface area contributed by atoms with Gasteiger partial charge in [-0.05, 0) is 101 Å². The first-order chi connectivity index (χ1) is 18.2. The van der Waals surface area contributed by atoms with Crippen molar-refractivity contribution in [3.8, 4) is 0 Å². The van der Waals surface area contributed by atoms with E-state index in [0.717, 1.165) is 18.4 Å². The SMILES string of the molecule is C[C@H]1C[C@H](c2ccncc2NC(=O)c2ccc(F)c(Br)n2)C[C@H](O[Si](C)(C)C(C)(C)C)[C@@H]1O[Si](C)(C)C(C)(C)C. The van der Waals surface area contributed by atoms with Gasteiger partial charge in [-0.1, -0.05) is 48.5 Å². The standard InChI is InChI=1S/C30H47BrFN3O3Si2/c1-19-16-20(21-14-15-33-18-24(21)35-28(36)23-13-12-22(32)27(31)34-23)17-25(37-39(8,9)29(2,3)4)26(19)38-40(10,11)30(5,6)7/h12-15,18-20,25-26H,16-17H2,1-11H3,(H,35,36)/t19-,20-,25-,26+/m0/s1. The van der Waals surface area contributed by atoms with Crippen LogP contribution in [0, 0.1) is 11.7 Å². The molecule has 0 aromatic carbocycles. The molecular weight excluding hydrogens is 605 g/mol. The smallest absolute Gasteiger partial charge is 0.274 e. The average Bonchev–Trinajstić information content (AvgIpc) is 2.81. The minimum Gasteiger partial charge on any atom is -0.411 e. The summed E-state index contributed by atoms with van der Waals surface area (Å²) < 4.78 is 27.9. The van der Waals surface area contributed by atoms with Gasteiger partial charge in [-0.3, -0.25) is 9.78 Å². The van der Waals surface area contributed by atoms with Crippen molar-refractivity contribution >= 4 is 44.2 Å². The van der Waals surface area contributed by atoms with E-state index in [1.165, 1.54) is 12.1 Å². The number of hydrogen-bond donors (Lipinski definition) is 1. The van der Waals surface area contributed by atoms with Crippen molar-refractivity contribution < 1.29 is 18.0 Å². The first kappa shape index (κ1) is 33.0. The van der Waals surface area contributed by atoms with Crippen LogP contribution in [0.15, 0.2) is 35.2 Å². The molecule has 1 N–H and O–H groups in total. The van der Waals surface area contributed by atoms with Crippen LogP contribution in [0.5, 0.6) is 0 Å². The third-order valence-corrected chi connectivity index (χ3v) is 18.7. The molecular formula is C30H47BrFN3O3Si2. The van der Waals surface area contributed by atoms with Gasteiger partial charge in [0.15, 0.2) is 22.5 Å². The highest BCUT2D eigenvalue weighted by Crippen LogP contribution is 2.47. The number of carbonyl (C=O) groups excluding carboxylic acids is 1. The molecule has 222 valence electrons. The molecule has 40 heavy (non-hydrogen) atoms. The molecule has 0 radical (unpaired) electrons. The maximum atomic E-state index is 13.7. The molecule has 2 aromatic rings. The van der Waals surface area contributed by atoms with Gasteiger partial charge in [0.1, 0.15) is 10.3 Å². The van der Waals surface area contributed by atoms with Crippen molar-refractivity contribution in [3.05, 3.63) is 52.3 Å². The molecule has 2 aromatic heterocycles. The largest absolute Gasteiger partial charge is 0.411 e. The maximum absolute atomic E-state index is 13.7. The molecule has 1 amide bonds. The lowest BCUT2D eigenvalue weighted by molar-refractivity contribution is -0.0304. The monoisotopic (exact) mass is 651 g/mol. The van der Waals surface area contributed by atoms with Gasteiger partial charge in [-0.15, -0.1) is 0 Å². The predicted molar refractivity (Wildman–Crippen MR) is 169 cm³/mol. The Morgan fingerprint density at radius 1 is 1.00 bits per heavy atom. The van der Waals surface area contributed by atoms with Gasteiger partial charge in [0, 0.05) is 6.20 Å². The van der Waals surface area contributed by atoms with Crippen LogP contribution in [0.2, 0.25) is 36.3 Å². The summed E-state index contributed by atoms with van der Waals surface area (Å²) in [5.74, 6) is -0.520. The van der Waals surface area contributed by atoms with E-state index in [4.69, 9.17) is 8.85 Å². The molecule has 1 aliphatic rings. The molecule has 10 heteroatoms. The topological polar surface area (TPSA) is 73.3 Å². The summed E-state index contributed by atoms with van der Waals surface area (Å²) in [4.78, 5) is 21.4. The Morgan fingerprint density at radius 2 is 1.60 bits per heavy atom. The summed E-state index contributed by atoms with van der Waals surface area (Å²) in [6.45, 7) is 25.1. The fourth-order valence-electron chi connectivity index (χ4n) is 4.69. The van der Waals surface area contributed by atoms with Gasteiger partial charge in [0.2, 0.25) is 0 Å². The quantitative estimate of drug-likeness (QED) is 0.239. The molecule has 0 aliphatic heterocycles. The van der Waals surface area contributed by atoms with Crippen LogP contribution in [0.3, 0.4) is 0 Å². The second-order valence-electron chi connectivity index (χ2n) is 14.3. The summed E-state index contributed by atoms with van der Waals surface area (Å²) in [6.07, 6.45) is 5.10. The van der Waals surface area contributed by atoms with Crippen LogP contribution in [0.1, 0.15) is 83.3 Å². The number of anilines is 1. The lowest BCUT2D eigenvalue weighted by atomic mass is 9.75. The number of rotatable bonds is 7. The van der Waals surface area contributed by atoms with Crippen molar-refractivity contribution in [1.29, 1.82) is 0 Å². The first-order valence-corrected chi connectivity index (χ1v) is 20.8. The molecule has 0 bridgehead atoms. The van der Waals surface area contributed by atoms with E-state index >= 15 is 0 Å². The van der Waals surface area contributed by atoms with Crippen LogP contribution >= 0.6 is 15.9 Å². The zero-order chi connectivity index (χ0) is 30.3. The Labute approximate surface area is 250 Å². The zero-order valence-electron chi connectivity index (χ0n) is 26.0. The highest BCUT2D eigenvalue weighted by molar-refractivity contribution is 9.10. The molecule has 1 saturated carbocycles. The summed E-state index contributed by atoms with van der Waals surface area (Å²) in [5, 5.41) is 3.14.